The Morgan fingerprint density at radius 2 is 1.75 bits per heavy atom. The first-order valence-corrected chi connectivity index (χ1v) is 11.3. The van der Waals surface area contributed by atoms with Crippen molar-refractivity contribution < 1.29 is 0 Å². The molecule has 0 aliphatic heterocycles. The van der Waals surface area contributed by atoms with Gasteiger partial charge in [-0.3, -0.25) is 4.79 Å². The number of hydrogen-bond acceptors (Lipinski definition) is 3. The van der Waals surface area contributed by atoms with Crippen LogP contribution in [0.15, 0.2) is 82.7 Å². The Hall–Kier alpha value is -3.53. The molecule has 1 aliphatic carbocycles. The summed E-state index contributed by atoms with van der Waals surface area (Å²) < 4.78 is 1.54. The van der Waals surface area contributed by atoms with Gasteiger partial charge in [0.2, 0.25) is 0 Å². The van der Waals surface area contributed by atoms with Gasteiger partial charge in [0.15, 0.2) is 0 Å². The van der Waals surface area contributed by atoms with Gasteiger partial charge >= 0.3 is 0 Å². The predicted molar refractivity (Wildman–Crippen MR) is 131 cm³/mol. The van der Waals surface area contributed by atoms with Crippen molar-refractivity contribution in [3.05, 3.63) is 111 Å². The van der Waals surface area contributed by atoms with Crippen molar-refractivity contribution >= 4 is 16.6 Å². The van der Waals surface area contributed by atoms with E-state index in [2.05, 4.69) is 56.3 Å². The summed E-state index contributed by atoms with van der Waals surface area (Å²) in [5.41, 5.74) is 6.28. The lowest BCUT2D eigenvalue weighted by atomic mass is 9.58. The molecule has 160 valence electrons. The minimum absolute atomic E-state index is 0.102. The van der Waals surface area contributed by atoms with Gasteiger partial charge in [0.25, 0.3) is 5.56 Å². The molecule has 0 N–H and O–H groups in total. The van der Waals surface area contributed by atoms with Crippen LogP contribution < -0.4 is 5.56 Å². The van der Waals surface area contributed by atoms with Gasteiger partial charge in [-0.25, -0.2) is 4.98 Å². The Morgan fingerprint density at radius 3 is 2.47 bits per heavy atom. The average molecular weight is 422 g/mol. The molecule has 0 spiro atoms. The third-order valence-corrected chi connectivity index (χ3v) is 6.71. The van der Waals surface area contributed by atoms with E-state index < -0.39 is 0 Å². The average Bonchev–Trinajstić information content (AvgIpc) is 2.81. The van der Waals surface area contributed by atoms with E-state index >= 15 is 0 Å². The van der Waals surface area contributed by atoms with Gasteiger partial charge < -0.3 is 0 Å². The van der Waals surface area contributed by atoms with Gasteiger partial charge in [0.1, 0.15) is 5.82 Å². The lowest BCUT2D eigenvalue weighted by molar-refractivity contribution is 0.525. The van der Waals surface area contributed by atoms with Crippen molar-refractivity contribution in [3.8, 4) is 0 Å². The predicted octanol–water partition coefficient (Wildman–Crippen LogP) is 5.56. The molecule has 1 aromatic heterocycles. The summed E-state index contributed by atoms with van der Waals surface area (Å²) in [5, 5.41) is 5.62. The van der Waals surface area contributed by atoms with Crippen molar-refractivity contribution in [2.75, 3.05) is 0 Å². The first-order chi connectivity index (χ1) is 15.5. The van der Waals surface area contributed by atoms with Crippen molar-refractivity contribution in [2.24, 2.45) is 5.10 Å². The fourth-order valence-corrected chi connectivity index (χ4v) is 4.92. The van der Waals surface area contributed by atoms with Crippen LogP contribution in [0.2, 0.25) is 0 Å². The number of rotatable bonds is 4. The maximum Gasteiger partial charge on any atom is 0.282 e. The van der Waals surface area contributed by atoms with Gasteiger partial charge in [-0.2, -0.15) is 9.78 Å². The Kier molecular flexibility index (Phi) is 5.01. The molecule has 0 radical (unpaired) electrons. The fourth-order valence-electron chi connectivity index (χ4n) is 4.92. The second-order valence-electron chi connectivity index (χ2n) is 8.65. The van der Waals surface area contributed by atoms with Crippen LogP contribution in [0.25, 0.3) is 10.9 Å². The van der Waals surface area contributed by atoms with Crippen molar-refractivity contribution in [2.45, 2.75) is 45.4 Å². The lowest BCUT2D eigenvalue weighted by Crippen LogP contribution is -2.47. The Labute approximate surface area is 188 Å². The zero-order valence-corrected chi connectivity index (χ0v) is 18.8. The van der Waals surface area contributed by atoms with E-state index in [4.69, 9.17) is 10.1 Å². The first kappa shape index (κ1) is 20.4. The molecular formula is C28H27N3O. The Morgan fingerprint density at radius 1 is 1.00 bits per heavy atom. The normalized spacial score (nSPS) is 19.3. The molecule has 1 heterocycles. The number of benzene rings is 3. The maximum absolute atomic E-state index is 13.4. The smallest absolute Gasteiger partial charge is 0.267 e. The molecule has 1 unspecified atom stereocenters. The topological polar surface area (TPSA) is 47.2 Å². The van der Waals surface area contributed by atoms with Gasteiger partial charge in [-0.15, -0.1) is 0 Å². The van der Waals surface area contributed by atoms with Crippen molar-refractivity contribution in [3.63, 3.8) is 0 Å². The molecule has 0 bridgehead atoms. The molecule has 32 heavy (non-hydrogen) atoms. The van der Waals surface area contributed by atoms with Crippen LogP contribution in [-0.2, 0) is 11.8 Å². The summed E-state index contributed by atoms with van der Waals surface area (Å²) in [4.78, 5) is 18.2. The van der Waals surface area contributed by atoms with Gasteiger partial charge in [0, 0.05) is 6.42 Å². The number of nitrogens with zero attached hydrogens (tertiary/aromatic N) is 3. The highest BCUT2D eigenvalue weighted by atomic mass is 16.1. The molecule has 1 atom stereocenters. The number of aromatic nitrogens is 2. The van der Waals surface area contributed by atoms with Crippen LogP contribution in [0.3, 0.4) is 0 Å². The highest BCUT2D eigenvalue weighted by Gasteiger charge is 2.48. The Bertz CT molecular complexity index is 1400. The minimum Gasteiger partial charge on any atom is -0.267 e. The largest absolute Gasteiger partial charge is 0.282 e. The fraction of sp³-hybridized carbons (Fsp3) is 0.250. The van der Waals surface area contributed by atoms with E-state index in [1.807, 2.05) is 37.3 Å². The van der Waals surface area contributed by atoms with E-state index in [1.165, 1.54) is 22.3 Å². The van der Waals surface area contributed by atoms with Crippen LogP contribution in [0.5, 0.6) is 0 Å². The first-order valence-electron chi connectivity index (χ1n) is 11.3. The number of aryl methyl sites for hydroxylation is 3. The molecule has 4 heteroatoms. The highest BCUT2D eigenvalue weighted by molar-refractivity contribution is 6.04. The molecule has 0 saturated heterocycles. The molecule has 4 aromatic rings. The second kappa shape index (κ2) is 7.86. The van der Waals surface area contributed by atoms with Crippen LogP contribution in [-0.4, -0.2) is 15.4 Å². The lowest BCUT2D eigenvalue weighted by Gasteiger charge is -2.45. The van der Waals surface area contributed by atoms with E-state index in [1.54, 1.807) is 4.68 Å². The maximum atomic E-state index is 13.4. The van der Waals surface area contributed by atoms with E-state index in [9.17, 15) is 4.79 Å². The van der Waals surface area contributed by atoms with E-state index in [0.29, 0.717) is 17.6 Å². The zero-order chi connectivity index (χ0) is 22.3. The molecule has 0 amide bonds. The van der Waals surface area contributed by atoms with Gasteiger partial charge in [-0.1, -0.05) is 73.2 Å². The van der Waals surface area contributed by atoms with Gasteiger partial charge in [-0.05, 0) is 55.5 Å². The zero-order valence-electron chi connectivity index (χ0n) is 18.8. The third-order valence-electron chi connectivity index (χ3n) is 6.71. The second-order valence-corrected chi connectivity index (χ2v) is 8.65. The number of para-hydroxylation sites is 1. The molecular weight excluding hydrogens is 394 g/mol. The SMILES string of the molecule is CCc1nc2ccccc2c(=O)n1/N=C1/CCC1(c1ccccc1)c1cc(C)ccc1C. The summed E-state index contributed by atoms with van der Waals surface area (Å²) in [7, 11) is 0. The summed E-state index contributed by atoms with van der Waals surface area (Å²) in [6.45, 7) is 6.31. The highest BCUT2D eigenvalue weighted by Crippen LogP contribution is 2.48. The number of fused-ring (bicyclic) bond motifs is 1. The quantitative estimate of drug-likeness (QED) is 0.433. The van der Waals surface area contributed by atoms with E-state index in [0.717, 1.165) is 24.1 Å². The summed E-state index contributed by atoms with van der Waals surface area (Å²) in [5.74, 6) is 0.691. The summed E-state index contributed by atoms with van der Waals surface area (Å²) in [6.07, 6.45) is 2.46. The monoisotopic (exact) mass is 421 g/mol. The standard InChI is InChI=1S/C28H27N3O/c1-4-26-29-24-13-9-8-12-22(24)27(32)31(26)30-25-16-17-28(25,21-10-6-5-7-11-21)23-18-19(2)14-15-20(23)3/h5-15,18H,4,16-17H2,1-3H3/b30-25-. The molecule has 1 aliphatic rings. The van der Waals surface area contributed by atoms with Crippen molar-refractivity contribution in [1.82, 2.24) is 9.66 Å². The third kappa shape index (κ3) is 3.10. The van der Waals surface area contributed by atoms with Crippen LogP contribution in [0.4, 0.5) is 0 Å². The molecule has 3 aromatic carbocycles. The molecule has 4 nitrogen and oxygen atoms in total. The van der Waals surface area contributed by atoms with Crippen LogP contribution in [0, 0.1) is 13.8 Å². The molecule has 1 fully saturated rings. The molecule has 5 rings (SSSR count). The van der Waals surface area contributed by atoms with Gasteiger partial charge in [0.05, 0.1) is 22.0 Å². The summed E-state index contributed by atoms with van der Waals surface area (Å²) in [6, 6.07) is 24.7. The number of hydrogen-bond donors (Lipinski definition) is 0. The van der Waals surface area contributed by atoms with Crippen LogP contribution in [0.1, 0.15) is 47.8 Å². The minimum atomic E-state index is -0.326. The van der Waals surface area contributed by atoms with Crippen LogP contribution >= 0.6 is 0 Å². The summed E-state index contributed by atoms with van der Waals surface area (Å²) >= 11 is 0. The Balaban J connectivity index is 1.77. The van der Waals surface area contributed by atoms with Crippen molar-refractivity contribution in [1.29, 1.82) is 0 Å². The van der Waals surface area contributed by atoms with E-state index in [-0.39, 0.29) is 11.0 Å². The molecule has 1 saturated carbocycles.